The molecule has 1 aliphatic rings. The van der Waals surface area contributed by atoms with Crippen molar-refractivity contribution in [3.05, 3.63) is 30.0 Å². The third-order valence-electron chi connectivity index (χ3n) is 2.68. The smallest absolute Gasteiger partial charge is 0.410 e. The monoisotopic (exact) mass is 279 g/mol. The summed E-state index contributed by atoms with van der Waals surface area (Å²) in [7, 11) is 2.89. The van der Waals surface area contributed by atoms with Gasteiger partial charge in [-0.3, -0.25) is 5.32 Å². The number of ether oxygens (including phenoxy) is 4. The van der Waals surface area contributed by atoms with Crippen molar-refractivity contribution < 1.29 is 23.7 Å². The second-order valence-electron chi connectivity index (χ2n) is 4.15. The Kier molecular flexibility index (Phi) is 4.84. The first-order chi connectivity index (χ1) is 9.72. The molecule has 1 saturated heterocycles. The molecular formula is C14H17NO5. The normalized spacial score (nSPS) is 16.8. The zero-order chi connectivity index (χ0) is 14.4. The van der Waals surface area contributed by atoms with E-state index in [2.05, 4.69) is 10.1 Å². The third-order valence-corrected chi connectivity index (χ3v) is 2.68. The van der Waals surface area contributed by atoms with Gasteiger partial charge in [0.2, 0.25) is 0 Å². The Morgan fingerprint density at radius 1 is 1.45 bits per heavy atom. The summed E-state index contributed by atoms with van der Waals surface area (Å²) in [6, 6.07) is 5.50. The van der Waals surface area contributed by atoms with Crippen molar-refractivity contribution in [1.82, 2.24) is 5.32 Å². The highest BCUT2D eigenvalue weighted by Crippen LogP contribution is 2.29. The summed E-state index contributed by atoms with van der Waals surface area (Å²) in [5.74, 6) is 1.30. The molecule has 0 bridgehead atoms. The Bertz CT molecular complexity index is 496. The molecule has 1 atom stereocenters. The molecule has 1 unspecified atom stereocenters. The van der Waals surface area contributed by atoms with Gasteiger partial charge in [0.05, 0.1) is 20.8 Å². The molecule has 108 valence electrons. The van der Waals surface area contributed by atoms with Gasteiger partial charge in [-0.25, -0.2) is 4.79 Å². The van der Waals surface area contributed by atoms with Gasteiger partial charge in [0.15, 0.2) is 11.5 Å². The summed E-state index contributed by atoms with van der Waals surface area (Å²) in [5, 5.41) is 2.45. The lowest BCUT2D eigenvalue weighted by atomic mass is 10.2. The Hall–Kier alpha value is -2.21. The minimum absolute atomic E-state index is 0.198. The minimum Gasteiger partial charge on any atom is -0.493 e. The van der Waals surface area contributed by atoms with Gasteiger partial charge >= 0.3 is 6.09 Å². The lowest BCUT2D eigenvalue weighted by Gasteiger charge is -2.10. The summed E-state index contributed by atoms with van der Waals surface area (Å²) >= 11 is 0. The number of epoxide rings is 1. The van der Waals surface area contributed by atoms with Crippen molar-refractivity contribution in [3.63, 3.8) is 0 Å². The molecule has 1 aliphatic heterocycles. The molecule has 0 spiro atoms. The standard InChI is InChI=1S/C14H17NO5/c1-17-13-7-10(5-6-15-14(16)18-2)3-4-12(13)20-9-11-8-19-11/h3-7,11H,8-9H2,1-2H3,(H,15,16)/b6-5+. The molecule has 1 N–H and O–H groups in total. The van der Waals surface area contributed by atoms with E-state index in [0.717, 1.165) is 12.2 Å². The van der Waals surface area contributed by atoms with Crippen LogP contribution in [0.25, 0.3) is 6.08 Å². The number of carbonyl (C=O) groups excluding carboxylic acids is 1. The zero-order valence-corrected chi connectivity index (χ0v) is 11.4. The van der Waals surface area contributed by atoms with Crippen LogP contribution in [-0.4, -0.2) is 39.6 Å². The molecule has 1 amide bonds. The predicted molar refractivity (Wildman–Crippen MR) is 72.8 cm³/mol. The highest BCUT2D eigenvalue weighted by Gasteiger charge is 2.23. The number of amides is 1. The van der Waals surface area contributed by atoms with Gasteiger partial charge in [-0.05, 0) is 23.8 Å². The lowest BCUT2D eigenvalue weighted by Crippen LogP contribution is -2.15. The van der Waals surface area contributed by atoms with Crippen LogP contribution in [0, 0.1) is 0 Å². The predicted octanol–water partition coefficient (Wildman–Crippen LogP) is 1.80. The Morgan fingerprint density at radius 3 is 2.90 bits per heavy atom. The fourth-order valence-corrected chi connectivity index (χ4v) is 1.52. The van der Waals surface area contributed by atoms with Crippen molar-refractivity contribution in [2.75, 3.05) is 27.4 Å². The summed E-state index contributed by atoms with van der Waals surface area (Å²) in [5.41, 5.74) is 0.869. The minimum atomic E-state index is -0.516. The van der Waals surface area contributed by atoms with Crippen LogP contribution in [0.3, 0.4) is 0 Å². The molecule has 6 nitrogen and oxygen atoms in total. The molecule has 2 rings (SSSR count). The number of benzene rings is 1. The van der Waals surface area contributed by atoms with Crippen LogP contribution in [0.4, 0.5) is 4.79 Å². The Morgan fingerprint density at radius 2 is 2.25 bits per heavy atom. The summed E-state index contributed by atoms with van der Waals surface area (Å²) in [6.07, 6.45) is 2.91. The van der Waals surface area contributed by atoms with Crippen LogP contribution in [0.5, 0.6) is 11.5 Å². The van der Waals surface area contributed by atoms with Crippen molar-refractivity contribution in [3.8, 4) is 11.5 Å². The van der Waals surface area contributed by atoms with E-state index in [1.807, 2.05) is 18.2 Å². The van der Waals surface area contributed by atoms with Crippen LogP contribution >= 0.6 is 0 Å². The van der Waals surface area contributed by atoms with E-state index < -0.39 is 6.09 Å². The van der Waals surface area contributed by atoms with Gasteiger partial charge in [0, 0.05) is 6.20 Å². The number of nitrogens with one attached hydrogen (secondary N) is 1. The topological polar surface area (TPSA) is 69.3 Å². The van der Waals surface area contributed by atoms with Crippen LogP contribution in [0.2, 0.25) is 0 Å². The number of rotatable bonds is 6. The van der Waals surface area contributed by atoms with Crippen molar-refractivity contribution in [2.45, 2.75) is 6.10 Å². The lowest BCUT2D eigenvalue weighted by molar-refractivity contribution is 0.175. The number of hydrogen-bond donors (Lipinski definition) is 1. The average molecular weight is 279 g/mol. The van der Waals surface area contributed by atoms with E-state index in [1.165, 1.54) is 13.3 Å². The van der Waals surface area contributed by atoms with E-state index in [-0.39, 0.29) is 6.10 Å². The first-order valence-corrected chi connectivity index (χ1v) is 6.16. The first-order valence-electron chi connectivity index (χ1n) is 6.16. The Balaban J connectivity index is 1.97. The van der Waals surface area contributed by atoms with E-state index >= 15 is 0 Å². The van der Waals surface area contributed by atoms with Gasteiger partial charge in [-0.15, -0.1) is 0 Å². The molecule has 1 aromatic carbocycles. The second-order valence-corrected chi connectivity index (χ2v) is 4.15. The van der Waals surface area contributed by atoms with Crippen molar-refractivity contribution in [2.24, 2.45) is 0 Å². The zero-order valence-electron chi connectivity index (χ0n) is 11.4. The average Bonchev–Trinajstić information content (AvgIpc) is 3.29. The van der Waals surface area contributed by atoms with Crippen LogP contribution in [0.15, 0.2) is 24.4 Å². The molecule has 20 heavy (non-hydrogen) atoms. The maximum absolute atomic E-state index is 10.9. The highest BCUT2D eigenvalue weighted by atomic mass is 16.6. The van der Waals surface area contributed by atoms with E-state index in [4.69, 9.17) is 14.2 Å². The molecule has 0 aromatic heterocycles. The number of methoxy groups -OCH3 is 2. The molecule has 1 aromatic rings. The maximum atomic E-state index is 10.9. The maximum Gasteiger partial charge on any atom is 0.410 e. The molecule has 1 heterocycles. The first kappa shape index (κ1) is 14.2. The summed E-state index contributed by atoms with van der Waals surface area (Å²) in [6.45, 7) is 1.28. The fourth-order valence-electron chi connectivity index (χ4n) is 1.52. The third kappa shape index (κ3) is 4.17. The van der Waals surface area contributed by atoms with Gasteiger partial charge < -0.3 is 18.9 Å². The van der Waals surface area contributed by atoms with Gasteiger partial charge in [-0.1, -0.05) is 6.07 Å². The fraction of sp³-hybridized carbons (Fsp3) is 0.357. The van der Waals surface area contributed by atoms with E-state index in [0.29, 0.717) is 18.1 Å². The van der Waals surface area contributed by atoms with Crippen LogP contribution < -0.4 is 14.8 Å². The molecule has 0 saturated carbocycles. The molecule has 6 heteroatoms. The Labute approximate surface area is 117 Å². The molecular weight excluding hydrogens is 262 g/mol. The number of hydrogen-bond acceptors (Lipinski definition) is 5. The molecule has 0 aliphatic carbocycles. The summed E-state index contributed by atoms with van der Waals surface area (Å²) < 4.78 is 20.4. The second kappa shape index (κ2) is 6.81. The van der Waals surface area contributed by atoms with Gasteiger partial charge in [-0.2, -0.15) is 0 Å². The largest absolute Gasteiger partial charge is 0.493 e. The number of carbonyl (C=O) groups is 1. The quantitative estimate of drug-likeness (QED) is 0.804. The highest BCUT2D eigenvalue weighted by molar-refractivity contribution is 5.69. The van der Waals surface area contributed by atoms with Crippen molar-refractivity contribution in [1.29, 1.82) is 0 Å². The van der Waals surface area contributed by atoms with Crippen LogP contribution in [0.1, 0.15) is 5.56 Å². The van der Waals surface area contributed by atoms with E-state index in [9.17, 15) is 4.79 Å². The number of alkyl carbamates (subject to hydrolysis) is 1. The van der Waals surface area contributed by atoms with Crippen molar-refractivity contribution >= 4 is 12.2 Å². The SMILES string of the molecule is COC(=O)N/C=C/c1ccc(OCC2CO2)c(OC)c1. The van der Waals surface area contributed by atoms with Gasteiger partial charge in [0.1, 0.15) is 12.7 Å². The summed E-state index contributed by atoms with van der Waals surface area (Å²) in [4.78, 5) is 10.9. The molecule has 1 fully saturated rings. The van der Waals surface area contributed by atoms with Crippen LogP contribution in [-0.2, 0) is 9.47 Å². The van der Waals surface area contributed by atoms with Gasteiger partial charge in [0.25, 0.3) is 0 Å². The van der Waals surface area contributed by atoms with E-state index in [1.54, 1.807) is 13.2 Å². The molecule has 0 radical (unpaired) electrons.